The first-order valence-corrected chi connectivity index (χ1v) is 3.29. The lowest BCUT2D eigenvalue weighted by atomic mass is 10.0. The van der Waals surface area contributed by atoms with Crippen LogP contribution in [0.2, 0.25) is 0 Å². The van der Waals surface area contributed by atoms with Crippen molar-refractivity contribution in [1.29, 1.82) is 0 Å². The molecule has 1 heterocycles. The Labute approximate surface area is 73.9 Å². The Morgan fingerprint density at radius 3 is 2.77 bits per heavy atom. The van der Waals surface area contributed by atoms with E-state index in [0.29, 0.717) is 4.73 Å². The molecule has 0 unspecified atom stereocenters. The third kappa shape index (κ3) is 1.44. The van der Waals surface area contributed by atoms with Crippen LogP contribution in [-0.4, -0.2) is 18.0 Å². The van der Waals surface area contributed by atoms with E-state index in [1.807, 2.05) is 0 Å². The molecule has 2 radical (unpaired) electrons. The Hall–Kier alpha value is -1.66. The fraction of sp³-hybridized carbons (Fsp3) is 0.167. The second-order valence-electron chi connectivity index (χ2n) is 2.42. The number of rotatable bonds is 1. The highest BCUT2D eigenvalue weighted by Gasteiger charge is 2.26. The van der Waals surface area contributed by atoms with Gasteiger partial charge in [-0.3, -0.25) is 15.3 Å². The molecule has 1 aromatic rings. The van der Waals surface area contributed by atoms with Gasteiger partial charge in [0.2, 0.25) is 7.85 Å². The van der Waals surface area contributed by atoms with Crippen LogP contribution in [0.25, 0.3) is 0 Å². The Kier molecular flexibility index (Phi) is 2.18. The van der Waals surface area contributed by atoms with E-state index in [4.69, 9.17) is 13.1 Å². The molecular formula is C6H5BFN2O3+. The van der Waals surface area contributed by atoms with Crippen molar-refractivity contribution in [3.63, 3.8) is 0 Å². The second-order valence-corrected chi connectivity index (χ2v) is 2.42. The van der Waals surface area contributed by atoms with E-state index in [-0.39, 0.29) is 11.3 Å². The summed E-state index contributed by atoms with van der Waals surface area (Å²) in [5.74, 6) is -1.10. The number of nitro groups is 1. The van der Waals surface area contributed by atoms with Crippen LogP contribution >= 0.6 is 0 Å². The predicted octanol–water partition coefficient (Wildman–Crippen LogP) is -0.639. The van der Waals surface area contributed by atoms with E-state index in [1.54, 1.807) is 0 Å². The van der Waals surface area contributed by atoms with Crippen LogP contribution < -0.4 is 10.3 Å². The van der Waals surface area contributed by atoms with E-state index in [1.165, 1.54) is 6.92 Å². The maximum atomic E-state index is 13.0. The minimum atomic E-state index is -1.10. The summed E-state index contributed by atoms with van der Waals surface area (Å²) in [5.41, 5.74) is -1.34. The van der Waals surface area contributed by atoms with Crippen LogP contribution in [-0.2, 0) is 0 Å². The third-order valence-electron chi connectivity index (χ3n) is 1.59. The molecule has 0 spiro atoms. The van der Waals surface area contributed by atoms with Gasteiger partial charge in [0, 0.05) is 6.92 Å². The van der Waals surface area contributed by atoms with Gasteiger partial charge in [0.1, 0.15) is 0 Å². The first kappa shape index (κ1) is 9.43. The average Bonchev–Trinajstić information content (AvgIpc) is 2.07. The lowest BCUT2D eigenvalue weighted by molar-refractivity contribution is -0.896. The molecule has 0 fully saturated rings. The number of aromatic nitrogens is 1. The van der Waals surface area contributed by atoms with Crippen molar-refractivity contribution in [1.82, 2.24) is 0 Å². The van der Waals surface area contributed by atoms with E-state index in [0.717, 1.165) is 6.07 Å². The Morgan fingerprint density at radius 1 is 1.77 bits per heavy atom. The van der Waals surface area contributed by atoms with E-state index >= 15 is 0 Å². The molecule has 0 aliphatic rings. The molecule has 13 heavy (non-hydrogen) atoms. The number of pyridine rings is 1. The molecular weight excluding hydrogens is 178 g/mol. The Bertz CT molecular complexity index is 383. The van der Waals surface area contributed by atoms with Crippen LogP contribution in [0.5, 0.6) is 0 Å². The van der Waals surface area contributed by atoms with Crippen molar-refractivity contribution in [3.05, 3.63) is 27.7 Å². The first-order valence-electron chi connectivity index (χ1n) is 3.29. The van der Waals surface area contributed by atoms with Crippen LogP contribution in [0.15, 0.2) is 6.07 Å². The van der Waals surface area contributed by atoms with E-state index in [9.17, 15) is 14.5 Å². The van der Waals surface area contributed by atoms with Gasteiger partial charge >= 0.3 is 5.69 Å². The van der Waals surface area contributed by atoms with Crippen molar-refractivity contribution in [2.24, 2.45) is 0 Å². The minimum absolute atomic E-state index is 0.286. The molecule has 0 bridgehead atoms. The summed E-state index contributed by atoms with van der Waals surface area (Å²) in [6, 6.07) is 0.752. The van der Waals surface area contributed by atoms with Crippen molar-refractivity contribution in [2.45, 2.75) is 6.92 Å². The molecule has 0 aliphatic carbocycles. The van der Waals surface area contributed by atoms with E-state index < -0.39 is 16.4 Å². The SMILES string of the molecule is [B]c1cc([N+](=O)[O-])c(F)c(C)[n+]1O. The highest BCUT2D eigenvalue weighted by molar-refractivity contribution is 6.29. The maximum absolute atomic E-state index is 13.0. The number of nitrogens with zero attached hydrogens (tertiary/aromatic N) is 2. The van der Waals surface area contributed by atoms with Crippen molar-refractivity contribution < 1.29 is 19.3 Å². The fourth-order valence-corrected chi connectivity index (χ4v) is 0.869. The molecule has 5 nitrogen and oxygen atoms in total. The quantitative estimate of drug-likeness (QED) is 0.207. The molecule has 1 aromatic heterocycles. The van der Waals surface area contributed by atoms with Crippen LogP contribution in [0.3, 0.4) is 0 Å². The molecule has 0 aromatic carbocycles. The van der Waals surface area contributed by atoms with Gasteiger partial charge in [-0.1, -0.05) is 0 Å². The molecule has 1 rings (SSSR count). The molecule has 7 heteroatoms. The zero-order chi connectivity index (χ0) is 10.2. The lowest BCUT2D eigenvalue weighted by Gasteiger charge is -1.97. The monoisotopic (exact) mass is 183 g/mol. The van der Waals surface area contributed by atoms with Crippen molar-refractivity contribution in [2.75, 3.05) is 0 Å². The number of hydrogen-bond acceptors (Lipinski definition) is 3. The van der Waals surface area contributed by atoms with Gasteiger partial charge in [-0.2, -0.15) is 4.39 Å². The highest BCUT2D eigenvalue weighted by atomic mass is 19.1. The zero-order valence-corrected chi connectivity index (χ0v) is 6.69. The number of hydrogen-bond donors (Lipinski definition) is 1. The molecule has 0 amide bonds. The smallest absolute Gasteiger partial charge is 0.286 e. The predicted molar refractivity (Wildman–Crippen MR) is 40.6 cm³/mol. The standard InChI is InChI=1S/C6H5BFN2O3/c1-3-6(8)4(10(12)13)2-5(7)9(3)11/h2,11H,1H3/q+1. The third-order valence-corrected chi connectivity index (χ3v) is 1.59. The summed E-state index contributed by atoms with van der Waals surface area (Å²) in [7, 11) is 5.17. The molecule has 0 saturated carbocycles. The molecule has 1 N–H and O–H groups in total. The summed E-state index contributed by atoms with van der Waals surface area (Å²) < 4.78 is 13.4. The van der Waals surface area contributed by atoms with Gasteiger partial charge in [0.25, 0.3) is 11.5 Å². The van der Waals surface area contributed by atoms with Gasteiger partial charge in [0.05, 0.1) is 11.0 Å². The van der Waals surface area contributed by atoms with E-state index in [2.05, 4.69) is 0 Å². The Morgan fingerprint density at radius 2 is 2.31 bits per heavy atom. The van der Waals surface area contributed by atoms with Crippen molar-refractivity contribution >= 4 is 19.1 Å². The lowest BCUT2D eigenvalue weighted by Crippen LogP contribution is -2.50. The van der Waals surface area contributed by atoms with Gasteiger partial charge in [-0.25, -0.2) is 0 Å². The Balaban J connectivity index is 3.50. The largest absolute Gasteiger partial charge is 0.316 e. The van der Waals surface area contributed by atoms with Crippen molar-refractivity contribution in [3.8, 4) is 0 Å². The second kappa shape index (κ2) is 3.00. The average molecular weight is 183 g/mol. The zero-order valence-electron chi connectivity index (χ0n) is 6.69. The van der Waals surface area contributed by atoms with Gasteiger partial charge in [0.15, 0.2) is 5.59 Å². The van der Waals surface area contributed by atoms with Crippen LogP contribution in [0, 0.1) is 22.9 Å². The summed E-state index contributed by atoms with van der Waals surface area (Å²) in [6.07, 6.45) is 0. The highest BCUT2D eigenvalue weighted by Crippen LogP contribution is 2.14. The minimum Gasteiger partial charge on any atom is -0.286 e. The molecule has 66 valence electrons. The normalized spacial score (nSPS) is 10.0. The summed E-state index contributed by atoms with van der Waals surface area (Å²) in [5, 5.41) is 19.3. The van der Waals surface area contributed by atoms with Gasteiger partial charge < -0.3 is 0 Å². The molecule has 0 atom stereocenters. The maximum Gasteiger partial charge on any atom is 0.316 e. The summed E-state index contributed by atoms with van der Waals surface area (Å²) in [6.45, 7) is 1.18. The summed E-state index contributed by atoms with van der Waals surface area (Å²) in [4.78, 5) is 9.35. The topological polar surface area (TPSA) is 67.2 Å². The molecule has 0 saturated heterocycles. The molecule has 0 aliphatic heterocycles. The summed E-state index contributed by atoms with van der Waals surface area (Å²) >= 11 is 0. The number of halogens is 1. The van der Waals surface area contributed by atoms with Crippen LogP contribution in [0.4, 0.5) is 10.1 Å². The van der Waals surface area contributed by atoms with Gasteiger partial charge in [-0.05, 0) is 4.73 Å². The fourth-order valence-electron chi connectivity index (χ4n) is 0.869. The van der Waals surface area contributed by atoms with Gasteiger partial charge in [-0.15, -0.1) is 0 Å². The first-order chi connectivity index (χ1) is 5.95. The van der Waals surface area contributed by atoms with Crippen LogP contribution in [0.1, 0.15) is 5.69 Å².